The minimum atomic E-state index is -0.870. The Kier molecular flexibility index (Phi) is 10.4. The molecule has 42 heavy (non-hydrogen) atoms. The summed E-state index contributed by atoms with van der Waals surface area (Å²) in [6, 6.07) is 0. The molecule has 4 saturated carbocycles. The molecule has 0 aromatic heterocycles. The van der Waals surface area contributed by atoms with Gasteiger partial charge in [-0.25, -0.2) is 0 Å². The molecule has 0 bridgehead atoms. The van der Waals surface area contributed by atoms with Crippen LogP contribution in [0.2, 0.25) is 0 Å². The Bertz CT molecular complexity index is 1050. The lowest BCUT2D eigenvalue weighted by Gasteiger charge is -2.66. The first-order valence-corrected chi connectivity index (χ1v) is 16.6. The van der Waals surface area contributed by atoms with Crippen LogP contribution in [0.1, 0.15) is 139 Å². The van der Waals surface area contributed by atoms with Crippen molar-refractivity contribution in [2.45, 2.75) is 145 Å². The van der Waals surface area contributed by atoms with E-state index in [2.05, 4.69) is 40.7 Å². The van der Waals surface area contributed by atoms with Crippen molar-refractivity contribution >= 4 is 17.8 Å². The number of nitrogens with two attached hydrogens (primary N) is 1. The molecule has 5 aliphatic rings. The van der Waals surface area contributed by atoms with Gasteiger partial charge in [-0.3, -0.25) is 14.4 Å². The average molecular weight is 588 g/mol. The first-order valence-electron chi connectivity index (χ1n) is 16.6. The molecular weight excluding hydrogens is 526 g/mol. The van der Waals surface area contributed by atoms with Crippen molar-refractivity contribution in [2.24, 2.45) is 57.0 Å². The molecule has 4 fully saturated rings. The zero-order chi connectivity index (χ0) is 30.4. The number of primary amides is 1. The topological polar surface area (TPSA) is 107 Å². The van der Waals surface area contributed by atoms with E-state index in [4.69, 9.17) is 15.6 Å². The lowest BCUT2D eigenvalue weighted by atomic mass is 9.38. The monoisotopic (exact) mass is 587 g/mol. The van der Waals surface area contributed by atoms with Gasteiger partial charge in [0.25, 0.3) is 0 Å². The summed E-state index contributed by atoms with van der Waals surface area (Å²) in [6.07, 6.45) is 13.4. The van der Waals surface area contributed by atoms with E-state index in [1.165, 1.54) is 6.42 Å². The van der Waals surface area contributed by atoms with Crippen molar-refractivity contribution in [3.63, 3.8) is 0 Å². The molecule has 9 unspecified atom stereocenters. The zero-order valence-electron chi connectivity index (χ0n) is 26.9. The number of rotatable bonds is 6. The van der Waals surface area contributed by atoms with E-state index in [-0.39, 0.29) is 65.8 Å². The van der Waals surface area contributed by atoms with Gasteiger partial charge in [0.2, 0.25) is 5.91 Å². The van der Waals surface area contributed by atoms with Gasteiger partial charge in [0, 0.05) is 12.8 Å². The molecular formula is C36H61NO5. The Hall–Kier alpha value is -1.85. The standard InChI is InChI=1S/C33H51NO5.C2H6.CH4/c1-20-22-11-14-32(5)23-12-16-33(29(34)38)18-17-30(2,3)19-24(33)21(23)9-10-26(32)31(22,4)15-13-25(20)39-28(37)8-6-7-27(35)36;1-2;/h9,20,22-26H,6-8,10-19H2,1-5H3,(H2,34,38)(H,35,36);1-2H3;1H4. The van der Waals surface area contributed by atoms with Gasteiger partial charge in [0.1, 0.15) is 6.10 Å². The molecule has 0 spiro atoms. The van der Waals surface area contributed by atoms with Crippen LogP contribution < -0.4 is 5.73 Å². The third-order valence-electron chi connectivity index (χ3n) is 12.9. The smallest absolute Gasteiger partial charge is 0.306 e. The Morgan fingerprint density at radius 2 is 1.60 bits per heavy atom. The number of carbonyl (C=O) groups excluding carboxylic acids is 2. The fourth-order valence-corrected chi connectivity index (χ4v) is 10.7. The van der Waals surface area contributed by atoms with Gasteiger partial charge in [-0.05, 0) is 116 Å². The minimum Gasteiger partial charge on any atom is -0.481 e. The highest BCUT2D eigenvalue weighted by atomic mass is 16.5. The van der Waals surface area contributed by atoms with E-state index in [1.807, 2.05) is 13.8 Å². The number of ether oxygens (including phenoxy) is 1. The van der Waals surface area contributed by atoms with Gasteiger partial charge in [-0.15, -0.1) is 0 Å². The first kappa shape index (κ1) is 34.6. The Balaban J connectivity index is 0.00000158. The fraction of sp³-hybridized carbons (Fsp3) is 0.861. The molecule has 0 heterocycles. The summed E-state index contributed by atoms with van der Waals surface area (Å²) in [5.74, 6) is 1.02. The number of esters is 1. The molecule has 240 valence electrons. The molecule has 0 aliphatic heterocycles. The molecule has 0 saturated heterocycles. The normalized spacial score (nSPS) is 41.5. The first-order chi connectivity index (χ1) is 19.2. The molecule has 3 N–H and O–H groups in total. The van der Waals surface area contributed by atoms with Gasteiger partial charge >= 0.3 is 11.9 Å². The van der Waals surface area contributed by atoms with Crippen molar-refractivity contribution < 1.29 is 24.2 Å². The van der Waals surface area contributed by atoms with Crippen LogP contribution >= 0.6 is 0 Å². The quantitative estimate of drug-likeness (QED) is 0.240. The summed E-state index contributed by atoms with van der Waals surface area (Å²) in [5, 5.41) is 8.88. The summed E-state index contributed by atoms with van der Waals surface area (Å²) in [7, 11) is 0. The molecule has 6 nitrogen and oxygen atoms in total. The van der Waals surface area contributed by atoms with Crippen LogP contribution in [-0.4, -0.2) is 29.1 Å². The lowest BCUT2D eigenvalue weighted by molar-refractivity contribution is -0.179. The maximum atomic E-state index is 13.0. The van der Waals surface area contributed by atoms with Gasteiger partial charge in [-0.2, -0.15) is 0 Å². The van der Waals surface area contributed by atoms with Crippen molar-refractivity contribution in [1.82, 2.24) is 0 Å². The number of carboxylic acid groups (broad SMARTS) is 1. The van der Waals surface area contributed by atoms with Crippen molar-refractivity contribution in [3.05, 3.63) is 11.6 Å². The SMILES string of the molecule is C.CC.CC1C(OC(=O)CCCC(=O)O)CCC2(C)C1CCC1(C)C3CCC4(C(N)=O)CCC(C)(C)CC4C3=CCC12. The predicted octanol–water partition coefficient (Wildman–Crippen LogP) is 8.32. The molecule has 0 aromatic carbocycles. The van der Waals surface area contributed by atoms with Gasteiger partial charge in [0.15, 0.2) is 0 Å². The van der Waals surface area contributed by atoms with E-state index >= 15 is 0 Å². The number of fused-ring (bicyclic) bond motifs is 7. The van der Waals surface area contributed by atoms with Gasteiger partial charge in [0.05, 0.1) is 5.41 Å². The van der Waals surface area contributed by atoms with Gasteiger partial charge < -0.3 is 15.6 Å². The highest BCUT2D eigenvalue weighted by Gasteiger charge is 2.64. The largest absolute Gasteiger partial charge is 0.481 e. The number of carbonyl (C=O) groups is 3. The van der Waals surface area contributed by atoms with E-state index in [0.717, 1.165) is 57.8 Å². The fourth-order valence-electron chi connectivity index (χ4n) is 10.7. The van der Waals surface area contributed by atoms with Crippen LogP contribution in [0.3, 0.4) is 0 Å². The molecule has 6 heteroatoms. The molecule has 1 amide bonds. The van der Waals surface area contributed by atoms with E-state index in [9.17, 15) is 14.4 Å². The van der Waals surface area contributed by atoms with Crippen molar-refractivity contribution in [3.8, 4) is 0 Å². The number of carboxylic acids is 1. The second-order valence-electron chi connectivity index (χ2n) is 15.4. The Labute approximate surface area is 256 Å². The van der Waals surface area contributed by atoms with E-state index in [0.29, 0.717) is 30.1 Å². The summed E-state index contributed by atoms with van der Waals surface area (Å²) in [5.41, 5.74) is 8.04. The van der Waals surface area contributed by atoms with Crippen LogP contribution in [0.4, 0.5) is 0 Å². The summed E-state index contributed by atoms with van der Waals surface area (Å²) < 4.78 is 5.95. The average Bonchev–Trinajstić information content (AvgIpc) is 2.90. The second kappa shape index (κ2) is 12.6. The molecule has 5 aliphatic carbocycles. The maximum Gasteiger partial charge on any atom is 0.306 e. The minimum absolute atomic E-state index is 0. The van der Waals surface area contributed by atoms with Crippen molar-refractivity contribution in [1.29, 1.82) is 0 Å². The lowest BCUT2D eigenvalue weighted by Crippen LogP contribution is -2.61. The highest BCUT2D eigenvalue weighted by molar-refractivity contribution is 5.82. The third-order valence-corrected chi connectivity index (χ3v) is 12.9. The van der Waals surface area contributed by atoms with Crippen LogP contribution in [-0.2, 0) is 19.1 Å². The van der Waals surface area contributed by atoms with Gasteiger partial charge in [-0.1, -0.05) is 67.5 Å². The molecule has 5 rings (SSSR count). The van der Waals surface area contributed by atoms with E-state index in [1.54, 1.807) is 5.57 Å². The number of hydrogen-bond donors (Lipinski definition) is 2. The molecule has 9 atom stereocenters. The number of aliphatic carboxylic acids is 1. The zero-order valence-corrected chi connectivity index (χ0v) is 26.9. The Morgan fingerprint density at radius 1 is 0.929 bits per heavy atom. The van der Waals surface area contributed by atoms with Crippen LogP contribution in [0, 0.1) is 51.2 Å². The Morgan fingerprint density at radius 3 is 2.24 bits per heavy atom. The third kappa shape index (κ3) is 5.82. The summed E-state index contributed by atoms with van der Waals surface area (Å²) in [4.78, 5) is 36.3. The second-order valence-corrected chi connectivity index (χ2v) is 15.4. The van der Waals surface area contributed by atoms with Crippen LogP contribution in [0.15, 0.2) is 11.6 Å². The molecule has 0 aromatic rings. The highest BCUT2D eigenvalue weighted by Crippen LogP contribution is 2.70. The number of amides is 1. The van der Waals surface area contributed by atoms with Crippen molar-refractivity contribution in [2.75, 3.05) is 0 Å². The molecule has 0 radical (unpaired) electrons. The van der Waals surface area contributed by atoms with E-state index < -0.39 is 5.97 Å². The summed E-state index contributed by atoms with van der Waals surface area (Å²) >= 11 is 0. The maximum absolute atomic E-state index is 13.0. The summed E-state index contributed by atoms with van der Waals surface area (Å²) in [6.45, 7) is 16.1. The number of allylic oxidation sites excluding steroid dienone is 2. The predicted molar refractivity (Wildman–Crippen MR) is 168 cm³/mol. The van der Waals surface area contributed by atoms with Crippen LogP contribution in [0.25, 0.3) is 0 Å². The number of hydrogen-bond acceptors (Lipinski definition) is 4. The van der Waals surface area contributed by atoms with Crippen LogP contribution in [0.5, 0.6) is 0 Å².